The molecule has 2 atom stereocenters. The molecule has 2 aromatic carbocycles. The van der Waals surface area contributed by atoms with Crippen LogP contribution in [0, 0.1) is 11.7 Å². The van der Waals surface area contributed by atoms with Crippen LogP contribution in [-0.2, 0) is 15.1 Å². The summed E-state index contributed by atoms with van der Waals surface area (Å²) >= 11 is 0. The maximum absolute atomic E-state index is 13.9. The van der Waals surface area contributed by atoms with Gasteiger partial charge in [0, 0.05) is 37.3 Å². The molecule has 34 heavy (non-hydrogen) atoms. The summed E-state index contributed by atoms with van der Waals surface area (Å²) in [6.07, 6.45) is -1.06. The second-order valence-electron chi connectivity index (χ2n) is 9.00. The molecule has 3 fully saturated rings. The Bertz CT molecular complexity index is 1160. The highest BCUT2D eigenvalue weighted by molar-refractivity contribution is 5.95. The number of carbonyl (C=O) groups is 1. The van der Waals surface area contributed by atoms with Crippen LogP contribution in [0.15, 0.2) is 42.5 Å². The quantitative estimate of drug-likeness (QED) is 0.616. The van der Waals surface area contributed by atoms with Gasteiger partial charge in [-0.25, -0.2) is 13.2 Å². The first-order valence-corrected chi connectivity index (χ1v) is 11.1. The number of likely N-dealkylation sites (tertiary alicyclic amines) is 1. The van der Waals surface area contributed by atoms with Crippen LogP contribution in [0.3, 0.4) is 0 Å². The minimum absolute atomic E-state index is 0.0331. The van der Waals surface area contributed by atoms with Crippen LogP contribution >= 0.6 is 0 Å². The van der Waals surface area contributed by atoms with Crippen LogP contribution in [0.4, 0.5) is 13.2 Å². The summed E-state index contributed by atoms with van der Waals surface area (Å²) < 4.78 is 78.2. The predicted molar refractivity (Wildman–Crippen MR) is 116 cm³/mol. The molecule has 0 unspecified atom stereocenters. The molecule has 1 saturated carbocycles. The third-order valence-electron chi connectivity index (χ3n) is 6.73. The fourth-order valence-electron chi connectivity index (χ4n) is 4.84. The normalized spacial score (nSPS) is 28.4. The van der Waals surface area contributed by atoms with Gasteiger partial charge in [-0.2, -0.15) is 0 Å². The van der Waals surface area contributed by atoms with Gasteiger partial charge in [-0.05, 0) is 35.9 Å². The molecule has 2 aliphatic heterocycles. The van der Waals surface area contributed by atoms with Gasteiger partial charge in [0.25, 0.3) is 5.91 Å². The lowest BCUT2D eigenvalue weighted by Gasteiger charge is -2.42. The molecular weight excluding hydrogens is 451 g/mol. The lowest BCUT2D eigenvalue weighted by molar-refractivity contribution is -0.119. The molecule has 6 nitrogen and oxygen atoms in total. The van der Waals surface area contributed by atoms with Gasteiger partial charge >= 0.3 is 0 Å². The molecule has 0 radical (unpaired) electrons. The number of piperidine rings is 1. The number of hydrogen-bond donors (Lipinski definition) is 0. The van der Waals surface area contributed by atoms with E-state index < -0.39 is 30.2 Å². The van der Waals surface area contributed by atoms with Gasteiger partial charge in [-0.15, -0.1) is 0 Å². The first-order valence-electron chi connectivity index (χ1n) is 12.1. The number of methoxy groups -OCH3 is 1. The number of benzene rings is 2. The molecule has 5 rings (SSSR count). The van der Waals surface area contributed by atoms with Crippen molar-refractivity contribution in [3.05, 3.63) is 59.4 Å². The highest BCUT2D eigenvalue weighted by Crippen LogP contribution is 2.44. The Morgan fingerprint density at radius 3 is 2.79 bits per heavy atom. The summed E-state index contributed by atoms with van der Waals surface area (Å²) in [4.78, 5) is 14.8. The monoisotopic (exact) mass is 479 g/mol. The van der Waals surface area contributed by atoms with Gasteiger partial charge in [0.15, 0.2) is 11.5 Å². The van der Waals surface area contributed by atoms with Crippen molar-refractivity contribution in [1.29, 1.82) is 0 Å². The molecule has 1 amide bonds. The van der Waals surface area contributed by atoms with E-state index in [-0.39, 0.29) is 50.8 Å². The molecule has 2 aromatic rings. The van der Waals surface area contributed by atoms with Crippen molar-refractivity contribution >= 4 is 5.91 Å². The lowest BCUT2D eigenvalue weighted by Crippen LogP contribution is -2.53. The fourth-order valence-corrected chi connectivity index (χ4v) is 4.84. The second-order valence-corrected chi connectivity index (χ2v) is 9.00. The van der Waals surface area contributed by atoms with E-state index in [2.05, 4.69) is 0 Å². The van der Waals surface area contributed by atoms with Gasteiger partial charge in [-0.1, -0.05) is 12.1 Å². The molecule has 0 bridgehead atoms. The van der Waals surface area contributed by atoms with Crippen LogP contribution in [0.5, 0.6) is 11.5 Å². The number of hydrogen-bond acceptors (Lipinski definition) is 5. The largest absolute Gasteiger partial charge is 0.493 e. The van der Waals surface area contributed by atoms with Gasteiger partial charge in [0.1, 0.15) is 24.3 Å². The Labute approximate surface area is 198 Å². The predicted octanol–water partition coefficient (Wildman–Crippen LogP) is 4.37. The van der Waals surface area contributed by atoms with Gasteiger partial charge in [0.05, 0.1) is 23.0 Å². The van der Waals surface area contributed by atoms with E-state index in [9.17, 15) is 18.0 Å². The van der Waals surface area contributed by atoms with Crippen molar-refractivity contribution in [2.24, 2.45) is 5.92 Å². The molecule has 0 N–H and O–H groups in total. The number of amides is 1. The van der Waals surface area contributed by atoms with E-state index in [1.807, 2.05) is 0 Å². The summed E-state index contributed by atoms with van der Waals surface area (Å²) in [6.45, 7) is -2.00. The van der Waals surface area contributed by atoms with Crippen molar-refractivity contribution in [3.8, 4) is 11.5 Å². The van der Waals surface area contributed by atoms with E-state index in [0.717, 1.165) is 0 Å². The lowest BCUT2D eigenvalue weighted by atomic mass is 9.82. The van der Waals surface area contributed by atoms with E-state index in [0.29, 0.717) is 22.6 Å². The summed E-state index contributed by atoms with van der Waals surface area (Å²) in [6, 6.07) is 10.4. The third-order valence-corrected chi connectivity index (χ3v) is 6.73. The number of alkyl halides is 2. The summed E-state index contributed by atoms with van der Waals surface area (Å²) in [5.74, 6) is -3.00. The highest BCUT2D eigenvalue weighted by atomic mass is 19.3. The maximum atomic E-state index is 13.9. The molecule has 182 valence electrons. The zero-order valence-electron chi connectivity index (χ0n) is 20.6. The Morgan fingerprint density at radius 2 is 2.06 bits per heavy atom. The van der Waals surface area contributed by atoms with E-state index >= 15 is 0 Å². The van der Waals surface area contributed by atoms with Crippen LogP contribution in [0.2, 0.25) is 0 Å². The summed E-state index contributed by atoms with van der Waals surface area (Å²) in [5.41, 5.74) is -0.459. The summed E-state index contributed by atoms with van der Waals surface area (Å²) in [7, 11) is 1.42. The Hall–Kier alpha value is -2.78. The van der Waals surface area contributed by atoms with Crippen molar-refractivity contribution in [2.45, 2.75) is 36.9 Å². The Balaban J connectivity index is 1.30. The number of halogens is 3. The molecular formula is C25H26F3NO5. The molecule has 2 heterocycles. The van der Waals surface area contributed by atoms with Gasteiger partial charge in [0.2, 0.25) is 5.92 Å². The number of rotatable bonds is 6. The van der Waals surface area contributed by atoms with E-state index in [1.165, 1.54) is 36.3 Å². The van der Waals surface area contributed by atoms with Gasteiger partial charge < -0.3 is 23.8 Å². The minimum atomic E-state index is -2.62. The standard InChI is InChI=1S/C25H26F3NO5/c1-31-21-9-17(5-6-20(21)32-14-16-11-24(27,28)12-16)23(30)29-8-7-25(22(13-29)33-15-34-25)18-3-2-4-19(26)10-18/h2-6,9-10,16,22H,7-8,11-15H2,1H3/t22-,25-/m1/s1/i15D2. The SMILES string of the molecule is [2H]C1([2H])O[C@@H]2CN(C(=O)c3ccc(OCC4CC(F)(F)C4)c(OC)c3)CC[C@]2(c2cccc(F)c2)O1. The topological polar surface area (TPSA) is 57.2 Å². The van der Waals surface area contributed by atoms with Crippen molar-refractivity contribution in [3.63, 3.8) is 0 Å². The highest BCUT2D eigenvalue weighted by Gasteiger charge is 2.51. The van der Waals surface area contributed by atoms with Crippen LogP contribution in [0.25, 0.3) is 0 Å². The average molecular weight is 479 g/mol. The molecule has 0 aromatic heterocycles. The second kappa shape index (κ2) is 8.78. The van der Waals surface area contributed by atoms with E-state index in [1.54, 1.807) is 18.2 Å². The zero-order valence-corrected chi connectivity index (χ0v) is 18.6. The Morgan fingerprint density at radius 1 is 1.24 bits per heavy atom. The van der Waals surface area contributed by atoms with Crippen molar-refractivity contribution in [2.75, 3.05) is 33.6 Å². The zero-order chi connectivity index (χ0) is 25.7. The Kier molecular flexibility index (Phi) is 5.31. The molecule has 2 saturated heterocycles. The third kappa shape index (κ3) is 4.22. The first kappa shape index (κ1) is 20.6. The smallest absolute Gasteiger partial charge is 0.254 e. The maximum Gasteiger partial charge on any atom is 0.254 e. The number of ether oxygens (including phenoxy) is 4. The molecule has 0 spiro atoms. The van der Waals surface area contributed by atoms with Crippen LogP contribution in [0.1, 0.15) is 37.9 Å². The average Bonchev–Trinajstić information content (AvgIpc) is 3.11. The van der Waals surface area contributed by atoms with Crippen LogP contribution in [-0.4, -0.2) is 56.4 Å². The minimum Gasteiger partial charge on any atom is -0.493 e. The van der Waals surface area contributed by atoms with Crippen LogP contribution < -0.4 is 9.47 Å². The molecule has 9 heteroatoms. The van der Waals surface area contributed by atoms with Crippen molar-refractivity contribution < 1.29 is 39.7 Å². The first-order chi connectivity index (χ1) is 17.0. The molecule has 1 aliphatic carbocycles. The van der Waals surface area contributed by atoms with E-state index in [4.69, 9.17) is 21.7 Å². The number of fused-ring (bicyclic) bond motifs is 1. The number of carbonyl (C=O) groups excluding carboxylic acids is 1. The number of nitrogens with zero attached hydrogens (tertiary/aromatic N) is 1. The van der Waals surface area contributed by atoms with Gasteiger partial charge in [-0.3, -0.25) is 4.79 Å². The summed E-state index contributed by atoms with van der Waals surface area (Å²) in [5, 5.41) is 0. The molecule has 3 aliphatic rings. The fraction of sp³-hybridized carbons (Fsp3) is 0.480. The van der Waals surface area contributed by atoms with Crippen molar-refractivity contribution in [1.82, 2.24) is 4.90 Å².